The number of fused-ring (bicyclic) bond motifs is 1. The standard InChI is InChI=1S/C23H27N3O3/c1-23(2,28)12-13-29-18-10-8-16(9-11-18)19-14-26(17-6-4-3-5-7-17)21-20(19)22(27)25-15-24-21/h3-11,14,20-21,24,28H,12-13,15H2,1-2H3,(H,25,27). The van der Waals surface area contributed by atoms with E-state index in [0.717, 1.165) is 22.6 Å². The van der Waals surface area contributed by atoms with Crippen molar-refractivity contribution in [3.8, 4) is 5.75 Å². The molecular weight excluding hydrogens is 366 g/mol. The van der Waals surface area contributed by atoms with Crippen LogP contribution in [0.4, 0.5) is 5.69 Å². The SMILES string of the molecule is CC(C)(O)CCOc1ccc(C2=CN(c3ccccc3)C3NCNC(=O)C23)cc1. The van der Waals surface area contributed by atoms with Gasteiger partial charge in [0.05, 0.1) is 24.8 Å². The Kier molecular flexibility index (Phi) is 5.30. The zero-order valence-corrected chi connectivity index (χ0v) is 16.8. The minimum atomic E-state index is -0.744. The second kappa shape index (κ2) is 7.89. The maximum Gasteiger partial charge on any atom is 0.232 e. The van der Waals surface area contributed by atoms with Gasteiger partial charge in [-0.2, -0.15) is 0 Å². The van der Waals surface area contributed by atoms with Crippen LogP contribution in [0.2, 0.25) is 0 Å². The van der Waals surface area contributed by atoms with Gasteiger partial charge in [-0.1, -0.05) is 30.3 Å². The molecule has 2 aliphatic heterocycles. The van der Waals surface area contributed by atoms with E-state index in [1.165, 1.54) is 0 Å². The molecule has 0 aliphatic carbocycles. The Balaban J connectivity index is 1.56. The quantitative estimate of drug-likeness (QED) is 0.704. The molecule has 2 unspecified atom stereocenters. The molecule has 0 spiro atoms. The lowest BCUT2D eigenvalue weighted by molar-refractivity contribution is -0.125. The van der Waals surface area contributed by atoms with Gasteiger partial charge in [-0.15, -0.1) is 0 Å². The van der Waals surface area contributed by atoms with Gasteiger partial charge in [0.1, 0.15) is 11.9 Å². The van der Waals surface area contributed by atoms with Crippen LogP contribution in [0.25, 0.3) is 5.57 Å². The first-order valence-corrected chi connectivity index (χ1v) is 9.94. The van der Waals surface area contributed by atoms with Crippen LogP contribution in [0.15, 0.2) is 60.8 Å². The number of para-hydroxylation sites is 1. The number of hydrogen-bond donors (Lipinski definition) is 3. The number of benzene rings is 2. The summed E-state index contributed by atoms with van der Waals surface area (Å²) in [7, 11) is 0. The molecule has 6 nitrogen and oxygen atoms in total. The van der Waals surface area contributed by atoms with Crippen LogP contribution in [-0.4, -0.2) is 36.1 Å². The summed E-state index contributed by atoms with van der Waals surface area (Å²) in [6.45, 7) is 4.44. The molecule has 2 heterocycles. The van der Waals surface area contributed by atoms with E-state index in [2.05, 4.69) is 21.7 Å². The molecule has 152 valence electrons. The van der Waals surface area contributed by atoms with Gasteiger partial charge < -0.3 is 20.1 Å². The van der Waals surface area contributed by atoms with Crippen molar-refractivity contribution in [3.63, 3.8) is 0 Å². The number of rotatable bonds is 6. The molecule has 2 atom stereocenters. The fourth-order valence-electron chi connectivity index (χ4n) is 3.75. The molecule has 29 heavy (non-hydrogen) atoms. The number of aliphatic hydroxyl groups is 1. The minimum Gasteiger partial charge on any atom is -0.493 e. The van der Waals surface area contributed by atoms with E-state index in [4.69, 9.17) is 4.74 Å². The number of ether oxygens (including phenoxy) is 1. The summed E-state index contributed by atoms with van der Waals surface area (Å²) in [6.07, 6.45) is 2.51. The molecular formula is C23H27N3O3. The summed E-state index contributed by atoms with van der Waals surface area (Å²) in [5.74, 6) is 0.495. The molecule has 1 amide bonds. The van der Waals surface area contributed by atoms with Crippen molar-refractivity contribution in [2.45, 2.75) is 32.0 Å². The first-order chi connectivity index (χ1) is 13.9. The number of nitrogens with one attached hydrogen (secondary N) is 2. The van der Waals surface area contributed by atoms with Gasteiger partial charge >= 0.3 is 0 Å². The average molecular weight is 393 g/mol. The number of carbonyl (C=O) groups excluding carboxylic acids is 1. The van der Waals surface area contributed by atoms with Crippen LogP contribution in [0.3, 0.4) is 0 Å². The van der Waals surface area contributed by atoms with Gasteiger partial charge in [-0.25, -0.2) is 0 Å². The normalized spacial score (nSPS) is 21.4. The topological polar surface area (TPSA) is 73.8 Å². The maximum absolute atomic E-state index is 12.7. The van der Waals surface area contributed by atoms with Gasteiger partial charge in [0.15, 0.2) is 0 Å². The number of hydrogen-bond acceptors (Lipinski definition) is 5. The van der Waals surface area contributed by atoms with Crippen molar-refractivity contribution in [2.75, 3.05) is 18.2 Å². The summed E-state index contributed by atoms with van der Waals surface area (Å²) in [4.78, 5) is 14.8. The molecule has 0 radical (unpaired) electrons. The Bertz CT molecular complexity index is 888. The van der Waals surface area contributed by atoms with E-state index in [1.807, 2.05) is 54.6 Å². The third-order valence-electron chi connectivity index (χ3n) is 5.31. The highest BCUT2D eigenvalue weighted by atomic mass is 16.5. The molecule has 3 N–H and O–H groups in total. The maximum atomic E-state index is 12.7. The van der Waals surface area contributed by atoms with E-state index in [1.54, 1.807) is 13.8 Å². The smallest absolute Gasteiger partial charge is 0.232 e. The Morgan fingerprint density at radius 3 is 2.55 bits per heavy atom. The predicted molar refractivity (Wildman–Crippen MR) is 113 cm³/mol. The monoisotopic (exact) mass is 393 g/mol. The van der Waals surface area contributed by atoms with Crippen LogP contribution < -0.4 is 20.3 Å². The molecule has 6 heteroatoms. The lowest BCUT2D eigenvalue weighted by Crippen LogP contribution is -2.58. The van der Waals surface area contributed by atoms with Gasteiger partial charge in [0, 0.05) is 18.3 Å². The van der Waals surface area contributed by atoms with E-state index < -0.39 is 5.60 Å². The Morgan fingerprint density at radius 2 is 1.86 bits per heavy atom. The largest absolute Gasteiger partial charge is 0.493 e. The van der Waals surface area contributed by atoms with Crippen molar-refractivity contribution < 1.29 is 14.6 Å². The third-order valence-corrected chi connectivity index (χ3v) is 5.31. The van der Waals surface area contributed by atoms with Crippen LogP contribution in [-0.2, 0) is 4.79 Å². The van der Waals surface area contributed by atoms with E-state index in [9.17, 15) is 9.90 Å². The molecule has 2 aliphatic rings. The molecule has 2 aromatic carbocycles. The Morgan fingerprint density at radius 1 is 1.14 bits per heavy atom. The molecule has 0 bridgehead atoms. The highest BCUT2D eigenvalue weighted by molar-refractivity contribution is 5.96. The van der Waals surface area contributed by atoms with E-state index >= 15 is 0 Å². The first kappa shape index (κ1) is 19.5. The van der Waals surface area contributed by atoms with Gasteiger partial charge in [0.25, 0.3) is 0 Å². The van der Waals surface area contributed by atoms with Crippen molar-refractivity contribution in [2.24, 2.45) is 5.92 Å². The summed E-state index contributed by atoms with van der Waals surface area (Å²) in [6, 6.07) is 17.9. The number of amides is 1. The molecule has 2 aromatic rings. The lowest BCUT2D eigenvalue weighted by atomic mass is 9.91. The highest BCUT2D eigenvalue weighted by Crippen LogP contribution is 2.38. The van der Waals surface area contributed by atoms with Crippen LogP contribution in [0.5, 0.6) is 5.75 Å². The lowest BCUT2D eigenvalue weighted by Gasteiger charge is -2.34. The fourth-order valence-corrected chi connectivity index (χ4v) is 3.75. The zero-order valence-electron chi connectivity index (χ0n) is 16.8. The molecule has 1 saturated heterocycles. The second-order valence-electron chi connectivity index (χ2n) is 8.11. The average Bonchev–Trinajstić information content (AvgIpc) is 3.09. The summed E-state index contributed by atoms with van der Waals surface area (Å²) >= 11 is 0. The van der Waals surface area contributed by atoms with Gasteiger partial charge in [-0.3, -0.25) is 10.1 Å². The Labute approximate surface area is 171 Å². The Hall–Kier alpha value is -2.83. The minimum absolute atomic E-state index is 0.0314. The molecule has 1 fully saturated rings. The highest BCUT2D eigenvalue weighted by Gasteiger charge is 2.43. The van der Waals surface area contributed by atoms with Crippen molar-refractivity contribution in [1.82, 2.24) is 10.6 Å². The van der Waals surface area contributed by atoms with E-state index in [-0.39, 0.29) is 18.0 Å². The summed E-state index contributed by atoms with van der Waals surface area (Å²) in [5, 5.41) is 16.1. The number of carbonyl (C=O) groups is 1. The first-order valence-electron chi connectivity index (χ1n) is 9.94. The van der Waals surface area contributed by atoms with Crippen LogP contribution in [0, 0.1) is 5.92 Å². The molecule has 0 saturated carbocycles. The van der Waals surface area contributed by atoms with Gasteiger partial charge in [0.2, 0.25) is 5.91 Å². The van der Waals surface area contributed by atoms with E-state index in [0.29, 0.717) is 19.7 Å². The zero-order chi connectivity index (χ0) is 20.4. The molecule has 0 aromatic heterocycles. The third kappa shape index (κ3) is 4.28. The van der Waals surface area contributed by atoms with Crippen LogP contribution >= 0.6 is 0 Å². The van der Waals surface area contributed by atoms with Crippen molar-refractivity contribution in [3.05, 3.63) is 66.4 Å². The van der Waals surface area contributed by atoms with Gasteiger partial charge in [-0.05, 0) is 49.2 Å². The summed E-state index contributed by atoms with van der Waals surface area (Å²) in [5.41, 5.74) is 2.27. The number of nitrogens with zero attached hydrogens (tertiary/aromatic N) is 1. The summed E-state index contributed by atoms with van der Waals surface area (Å²) < 4.78 is 5.74. The predicted octanol–water partition coefficient (Wildman–Crippen LogP) is 2.71. The molecule has 4 rings (SSSR count). The van der Waals surface area contributed by atoms with Crippen molar-refractivity contribution >= 4 is 17.2 Å². The second-order valence-corrected chi connectivity index (χ2v) is 8.11. The van der Waals surface area contributed by atoms with Crippen LogP contribution in [0.1, 0.15) is 25.8 Å². The fraction of sp³-hybridized carbons (Fsp3) is 0.348. The number of anilines is 1. The van der Waals surface area contributed by atoms with Crippen molar-refractivity contribution in [1.29, 1.82) is 0 Å².